The van der Waals surface area contributed by atoms with Crippen LogP contribution in [-0.4, -0.2) is 99.8 Å². The monoisotopic (exact) mass is 682 g/mol. The number of piperidine rings is 1. The number of piperazine rings is 1. The SMILES string of the molecule is Cn1c2ccncc2c2ccc(-c3ccc(N4CC(CCN5CCN(c6ccc7c(c6)C(=O)N(C6CCC(=O)NC6=O)C7=O)CC5)C4)nc3)cc21. The largest absolute Gasteiger partial charge is 0.369 e. The summed E-state index contributed by atoms with van der Waals surface area (Å²) < 4.78 is 2.22. The van der Waals surface area contributed by atoms with Crippen LogP contribution < -0.4 is 15.1 Å². The van der Waals surface area contributed by atoms with Crippen molar-refractivity contribution in [1.29, 1.82) is 0 Å². The van der Waals surface area contributed by atoms with E-state index in [1.165, 1.54) is 21.8 Å². The van der Waals surface area contributed by atoms with Crippen LogP contribution in [0.15, 0.2) is 73.2 Å². The number of nitrogens with zero attached hydrogens (tertiary/aromatic N) is 7. The minimum absolute atomic E-state index is 0.105. The minimum atomic E-state index is -0.956. The Morgan fingerprint density at radius 1 is 0.784 bits per heavy atom. The van der Waals surface area contributed by atoms with Crippen molar-refractivity contribution in [1.82, 2.24) is 29.7 Å². The van der Waals surface area contributed by atoms with Gasteiger partial charge < -0.3 is 14.4 Å². The Balaban J connectivity index is 0.757. The zero-order valence-electron chi connectivity index (χ0n) is 28.4. The smallest absolute Gasteiger partial charge is 0.262 e. The number of rotatable bonds is 7. The predicted molar refractivity (Wildman–Crippen MR) is 194 cm³/mol. The first-order chi connectivity index (χ1) is 24.8. The van der Waals surface area contributed by atoms with Gasteiger partial charge in [0.2, 0.25) is 11.8 Å². The zero-order chi connectivity index (χ0) is 34.8. The molecule has 0 aliphatic carbocycles. The van der Waals surface area contributed by atoms with Crippen molar-refractivity contribution >= 4 is 56.9 Å². The van der Waals surface area contributed by atoms with Crippen LogP contribution in [-0.2, 0) is 16.6 Å². The van der Waals surface area contributed by atoms with Gasteiger partial charge in [0.25, 0.3) is 11.8 Å². The first-order valence-corrected chi connectivity index (χ1v) is 17.7. The number of hydrogen-bond acceptors (Lipinski definition) is 9. The summed E-state index contributed by atoms with van der Waals surface area (Å²) in [4.78, 5) is 67.6. The molecule has 258 valence electrons. The van der Waals surface area contributed by atoms with Gasteiger partial charge in [0.05, 0.1) is 16.6 Å². The highest BCUT2D eigenvalue weighted by molar-refractivity contribution is 6.23. The molecule has 4 amide bonds. The lowest BCUT2D eigenvalue weighted by atomic mass is 9.95. The number of amides is 4. The molecule has 7 heterocycles. The second kappa shape index (κ2) is 12.3. The van der Waals surface area contributed by atoms with Crippen molar-refractivity contribution in [2.45, 2.75) is 25.3 Å². The Labute approximate surface area is 294 Å². The van der Waals surface area contributed by atoms with Crippen LogP contribution in [0.2, 0.25) is 0 Å². The van der Waals surface area contributed by atoms with Gasteiger partial charge in [0.1, 0.15) is 11.9 Å². The summed E-state index contributed by atoms with van der Waals surface area (Å²) in [6, 6.07) is 17.3. The Morgan fingerprint density at radius 3 is 2.37 bits per heavy atom. The molecule has 12 nitrogen and oxygen atoms in total. The van der Waals surface area contributed by atoms with E-state index in [9.17, 15) is 19.2 Å². The lowest BCUT2D eigenvalue weighted by Crippen LogP contribution is -2.54. The van der Waals surface area contributed by atoms with Crippen LogP contribution >= 0.6 is 0 Å². The van der Waals surface area contributed by atoms with Crippen molar-refractivity contribution in [2.75, 3.05) is 55.6 Å². The standard InChI is InChI=1S/C39H38N8O4/c1-43-32-10-12-40-21-31(32)28-5-2-25(18-34(28)43)26-3-8-35(41-20-26)46-22-24(23-46)11-13-44-14-16-45(17-15-44)27-4-6-29-30(19-27)39(51)47(38(29)50)33-7-9-36(48)42-37(33)49/h2-6,8,10,12,18-21,24,33H,7,9,11,13-17,22-23H2,1H3,(H,42,48,49). The Morgan fingerprint density at radius 2 is 1.59 bits per heavy atom. The summed E-state index contributed by atoms with van der Waals surface area (Å²) in [6.45, 7) is 6.58. The highest BCUT2D eigenvalue weighted by Gasteiger charge is 2.44. The zero-order valence-corrected chi connectivity index (χ0v) is 28.4. The van der Waals surface area contributed by atoms with Gasteiger partial charge in [-0.15, -0.1) is 0 Å². The van der Waals surface area contributed by atoms with Crippen LogP contribution in [0.1, 0.15) is 40.0 Å². The molecule has 1 atom stereocenters. The van der Waals surface area contributed by atoms with E-state index in [0.717, 1.165) is 79.8 Å². The highest BCUT2D eigenvalue weighted by Crippen LogP contribution is 2.34. The number of carbonyl (C=O) groups excluding carboxylic acids is 4. The van der Waals surface area contributed by atoms with Crippen molar-refractivity contribution in [3.8, 4) is 11.1 Å². The number of fused-ring (bicyclic) bond motifs is 4. The van der Waals surface area contributed by atoms with Gasteiger partial charge in [-0.3, -0.25) is 39.3 Å². The molecule has 0 bridgehead atoms. The second-order valence-electron chi connectivity index (χ2n) is 14.2. The van der Waals surface area contributed by atoms with Crippen LogP contribution in [0.4, 0.5) is 11.5 Å². The van der Waals surface area contributed by atoms with Crippen LogP contribution in [0.25, 0.3) is 32.9 Å². The van der Waals surface area contributed by atoms with Crippen molar-refractivity contribution < 1.29 is 19.2 Å². The molecular formula is C39H38N8O4. The number of imide groups is 2. The molecule has 3 aromatic heterocycles. The second-order valence-corrected chi connectivity index (χ2v) is 14.2. The third kappa shape index (κ3) is 5.41. The number of benzene rings is 2. The summed E-state index contributed by atoms with van der Waals surface area (Å²) in [5.41, 5.74) is 6.15. The number of hydrogen-bond donors (Lipinski definition) is 1. The van der Waals surface area contributed by atoms with Crippen LogP contribution in [0, 0.1) is 5.92 Å². The number of carbonyl (C=O) groups is 4. The number of aromatic nitrogens is 3. The predicted octanol–water partition coefficient (Wildman–Crippen LogP) is 3.84. The van der Waals surface area contributed by atoms with E-state index in [4.69, 9.17) is 4.98 Å². The highest BCUT2D eigenvalue weighted by atomic mass is 16.2. The first kappa shape index (κ1) is 31.4. The summed E-state index contributed by atoms with van der Waals surface area (Å²) in [7, 11) is 2.10. The van der Waals surface area contributed by atoms with Gasteiger partial charge in [-0.2, -0.15) is 0 Å². The lowest BCUT2D eigenvalue weighted by Gasteiger charge is -2.42. The molecule has 3 saturated heterocycles. The molecule has 1 unspecified atom stereocenters. The van der Waals surface area contributed by atoms with Gasteiger partial charge in [-0.25, -0.2) is 4.98 Å². The van der Waals surface area contributed by atoms with E-state index in [-0.39, 0.29) is 18.7 Å². The number of anilines is 2. The fraction of sp³-hybridized carbons (Fsp3) is 0.333. The molecule has 12 heteroatoms. The maximum absolute atomic E-state index is 13.3. The Kier molecular flexibility index (Phi) is 7.57. The van der Waals surface area contributed by atoms with E-state index in [2.05, 4.69) is 73.0 Å². The molecule has 0 spiro atoms. The topological polar surface area (TPSA) is 124 Å². The summed E-state index contributed by atoms with van der Waals surface area (Å²) in [5, 5.41) is 4.62. The molecule has 2 aromatic carbocycles. The molecule has 9 rings (SSSR count). The minimum Gasteiger partial charge on any atom is -0.369 e. The van der Waals surface area contributed by atoms with Gasteiger partial charge in [0.15, 0.2) is 0 Å². The Bertz CT molecular complexity index is 2230. The van der Waals surface area contributed by atoms with E-state index in [1.807, 2.05) is 24.7 Å². The summed E-state index contributed by atoms with van der Waals surface area (Å²) >= 11 is 0. The van der Waals surface area contributed by atoms with E-state index in [1.54, 1.807) is 12.1 Å². The maximum Gasteiger partial charge on any atom is 0.262 e. The quantitative estimate of drug-likeness (QED) is 0.255. The van der Waals surface area contributed by atoms with E-state index in [0.29, 0.717) is 17.0 Å². The molecule has 51 heavy (non-hydrogen) atoms. The molecule has 4 aliphatic rings. The number of pyridine rings is 2. The normalized spacial score (nSPS) is 20.0. The summed E-state index contributed by atoms with van der Waals surface area (Å²) in [5.74, 6) is -0.259. The molecule has 4 aliphatic heterocycles. The number of aryl methyl sites for hydroxylation is 1. The maximum atomic E-state index is 13.3. The third-order valence-electron chi connectivity index (χ3n) is 11.2. The molecule has 0 radical (unpaired) electrons. The van der Waals surface area contributed by atoms with Gasteiger partial charge >= 0.3 is 0 Å². The third-order valence-corrected chi connectivity index (χ3v) is 11.2. The fourth-order valence-electron chi connectivity index (χ4n) is 8.17. The Hall–Kier alpha value is -5.62. The van der Waals surface area contributed by atoms with Gasteiger partial charge in [0, 0.05) is 98.9 Å². The molecule has 1 N–H and O–H groups in total. The number of nitrogens with one attached hydrogen (secondary N) is 1. The molecule has 0 saturated carbocycles. The first-order valence-electron chi connectivity index (χ1n) is 17.7. The summed E-state index contributed by atoms with van der Waals surface area (Å²) in [6.07, 6.45) is 7.15. The average Bonchev–Trinajstić information content (AvgIpc) is 3.56. The van der Waals surface area contributed by atoms with E-state index < -0.39 is 23.8 Å². The molecular weight excluding hydrogens is 644 g/mol. The van der Waals surface area contributed by atoms with Crippen molar-refractivity contribution in [3.63, 3.8) is 0 Å². The van der Waals surface area contributed by atoms with E-state index >= 15 is 0 Å². The lowest BCUT2D eigenvalue weighted by molar-refractivity contribution is -0.136. The van der Waals surface area contributed by atoms with Crippen LogP contribution in [0.5, 0.6) is 0 Å². The fourth-order valence-corrected chi connectivity index (χ4v) is 8.17. The van der Waals surface area contributed by atoms with Crippen molar-refractivity contribution in [3.05, 3.63) is 84.3 Å². The average molecular weight is 683 g/mol. The van der Waals surface area contributed by atoms with Gasteiger partial charge in [-0.05, 0) is 73.3 Å². The van der Waals surface area contributed by atoms with Gasteiger partial charge in [-0.1, -0.05) is 12.1 Å². The molecule has 3 fully saturated rings. The van der Waals surface area contributed by atoms with Crippen LogP contribution in [0.3, 0.4) is 0 Å². The molecule has 5 aromatic rings. The van der Waals surface area contributed by atoms with Crippen molar-refractivity contribution in [2.24, 2.45) is 13.0 Å².